The van der Waals surface area contributed by atoms with Gasteiger partial charge in [0.15, 0.2) is 5.41 Å². The Labute approximate surface area is 108 Å². The highest BCUT2D eigenvalue weighted by atomic mass is 16.6. The molecule has 0 spiro atoms. The first kappa shape index (κ1) is 15.0. The molecule has 0 bridgehead atoms. The minimum absolute atomic E-state index is 0.262. The number of rotatable bonds is 2. The molecule has 1 aliphatic carbocycles. The van der Waals surface area contributed by atoms with Gasteiger partial charge in [-0.15, -0.1) is 0 Å². The van der Waals surface area contributed by atoms with Gasteiger partial charge in [0.25, 0.3) is 0 Å². The number of esters is 1. The topological polar surface area (TPSA) is 89.6 Å². The molecule has 1 rings (SSSR count). The number of aliphatic carboxylic acids is 1. The highest BCUT2D eigenvalue weighted by Gasteiger charge is 2.53. The molecule has 2 atom stereocenters. The number of carbonyl (C=O) groups is 2. The Morgan fingerprint density at radius 1 is 1.28 bits per heavy atom. The van der Waals surface area contributed by atoms with E-state index in [-0.39, 0.29) is 6.42 Å². The van der Waals surface area contributed by atoms with Crippen molar-refractivity contribution >= 4 is 11.9 Å². The van der Waals surface area contributed by atoms with E-state index in [1.54, 1.807) is 20.8 Å². The highest BCUT2D eigenvalue weighted by Crippen LogP contribution is 2.37. The molecular weight excluding hydrogens is 234 g/mol. The fraction of sp³-hybridized carbons (Fsp3) is 0.846. The van der Waals surface area contributed by atoms with E-state index in [1.807, 2.05) is 0 Å². The molecule has 0 aromatic carbocycles. The lowest BCUT2D eigenvalue weighted by Crippen LogP contribution is -2.54. The van der Waals surface area contributed by atoms with Gasteiger partial charge in [0.1, 0.15) is 5.60 Å². The lowest BCUT2D eigenvalue weighted by Gasteiger charge is -2.34. The first-order valence-corrected chi connectivity index (χ1v) is 6.42. The summed E-state index contributed by atoms with van der Waals surface area (Å²) in [5.41, 5.74) is 3.67. The van der Waals surface area contributed by atoms with Crippen LogP contribution in [0.5, 0.6) is 0 Å². The van der Waals surface area contributed by atoms with Crippen LogP contribution in [0.3, 0.4) is 0 Å². The van der Waals surface area contributed by atoms with Gasteiger partial charge in [0.05, 0.1) is 0 Å². The summed E-state index contributed by atoms with van der Waals surface area (Å²) in [5, 5.41) is 9.47. The van der Waals surface area contributed by atoms with Crippen LogP contribution in [-0.2, 0) is 14.3 Å². The second-order valence-electron chi connectivity index (χ2n) is 5.98. The minimum Gasteiger partial charge on any atom is -0.480 e. The Bertz CT molecular complexity index is 334. The summed E-state index contributed by atoms with van der Waals surface area (Å²) < 4.78 is 5.27. The van der Waals surface area contributed by atoms with Gasteiger partial charge >= 0.3 is 11.9 Å². The maximum atomic E-state index is 12.3. The molecule has 5 heteroatoms. The first-order chi connectivity index (χ1) is 8.20. The lowest BCUT2D eigenvalue weighted by atomic mass is 9.76. The van der Waals surface area contributed by atoms with E-state index in [4.69, 9.17) is 10.5 Å². The van der Waals surface area contributed by atoms with Crippen LogP contribution in [0, 0.1) is 5.41 Å². The molecule has 2 unspecified atom stereocenters. The number of carboxylic acids is 1. The first-order valence-electron chi connectivity index (χ1n) is 6.42. The average molecular weight is 257 g/mol. The van der Waals surface area contributed by atoms with Gasteiger partial charge in [-0.05, 0) is 33.6 Å². The predicted molar refractivity (Wildman–Crippen MR) is 67.0 cm³/mol. The van der Waals surface area contributed by atoms with Crippen LogP contribution in [0.15, 0.2) is 0 Å². The van der Waals surface area contributed by atoms with Gasteiger partial charge < -0.3 is 15.6 Å². The summed E-state index contributed by atoms with van der Waals surface area (Å²) in [4.78, 5) is 23.8. The number of carboxylic acid groups (broad SMARTS) is 1. The van der Waals surface area contributed by atoms with Crippen LogP contribution in [0.25, 0.3) is 0 Å². The molecular formula is C13H23NO4. The molecule has 5 nitrogen and oxygen atoms in total. The predicted octanol–water partition coefficient (Wildman–Crippen LogP) is 1.69. The van der Waals surface area contributed by atoms with Crippen molar-refractivity contribution in [3.05, 3.63) is 0 Å². The van der Waals surface area contributed by atoms with Gasteiger partial charge in [-0.2, -0.15) is 0 Å². The summed E-state index contributed by atoms with van der Waals surface area (Å²) in [5.74, 6) is -1.86. The lowest BCUT2D eigenvalue weighted by molar-refractivity contribution is -0.179. The number of hydrogen-bond acceptors (Lipinski definition) is 4. The summed E-state index contributed by atoms with van der Waals surface area (Å²) in [6.07, 6.45) is 3.27. The standard InChI is InChI=1S/C13H23NO4/c1-12(2,3)18-11(17)13(10(15)16)8-6-4-5-7-9(13)14/h9H,4-8,14H2,1-3H3,(H,15,16). The SMILES string of the molecule is CC(C)(C)OC(=O)C1(C(=O)O)CCCCCC1N. The van der Waals surface area contributed by atoms with Gasteiger partial charge in [-0.25, -0.2) is 0 Å². The molecule has 1 saturated carbocycles. The van der Waals surface area contributed by atoms with E-state index >= 15 is 0 Å². The third kappa shape index (κ3) is 3.02. The fourth-order valence-corrected chi connectivity index (χ4v) is 2.35. The molecule has 0 amide bonds. The van der Waals surface area contributed by atoms with E-state index in [0.29, 0.717) is 12.8 Å². The van der Waals surface area contributed by atoms with E-state index in [1.165, 1.54) is 0 Å². The van der Waals surface area contributed by atoms with Gasteiger partial charge in [0.2, 0.25) is 0 Å². The highest BCUT2D eigenvalue weighted by molar-refractivity contribution is 6.00. The van der Waals surface area contributed by atoms with Crippen molar-refractivity contribution in [2.24, 2.45) is 11.1 Å². The Morgan fingerprint density at radius 2 is 1.89 bits per heavy atom. The van der Waals surface area contributed by atoms with Crippen molar-refractivity contribution < 1.29 is 19.4 Å². The van der Waals surface area contributed by atoms with Crippen LogP contribution in [0.4, 0.5) is 0 Å². The smallest absolute Gasteiger partial charge is 0.325 e. The maximum absolute atomic E-state index is 12.3. The van der Waals surface area contributed by atoms with Crippen LogP contribution >= 0.6 is 0 Å². The van der Waals surface area contributed by atoms with Gasteiger partial charge in [-0.3, -0.25) is 9.59 Å². The number of nitrogens with two attached hydrogens (primary N) is 1. The van der Waals surface area contributed by atoms with Crippen molar-refractivity contribution in [3.63, 3.8) is 0 Å². The molecule has 0 aromatic heterocycles. The summed E-state index contributed by atoms with van der Waals surface area (Å²) in [6.45, 7) is 5.17. The van der Waals surface area contributed by atoms with Crippen molar-refractivity contribution in [3.8, 4) is 0 Å². The van der Waals surface area contributed by atoms with Crippen molar-refractivity contribution in [2.45, 2.75) is 64.5 Å². The van der Waals surface area contributed by atoms with Crippen LogP contribution in [-0.4, -0.2) is 28.7 Å². The Morgan fingerprint density at radius 3 is 2.39 bits per heavy atom. The number of ether oxygens (including phenoxy) is 1. The van der Waals surface area contributed by atoms with E-state index in [2.05, 4.69) is 0 Å². The average Bonchev–Trinajstić information content (AvgIpc) is 2.37. The van der Waals surface area contributed by atoms with Crippen molar-refractivity contribution in [2.75, 3.05) is 0 Å². The van der Waals surface area contributed by atoms with Crippen LogP contribution < -0.4 is 5.73 Å². The fourth-order valence-electron chi connectivity index (χ4n) is 2.35. The quantitative estimate of drug-likeness (QED) is 0.446. The zero-order valence-electron chi connectivity index (χ0n) is 11.4. The van der Waals surface area contributed by atoms with Gasteiger partial charge in [0, 0.05) is 6.04 Å². The third-order valence-electron chi connectivity index (χ3n) is 3.36. The maximum Gasteiger partial charge on any atom is 0.325 e. The molecule has 18 heavy (non-hydrogen) atoms. The monoisotopic (exact) mass is 257 g/mol. The Kier molecular flexibility index (Phi) is 4.37. The third-order valence-corrected chi connectivity index (χ3v) is 3.36. The Balaban J connectivity index is 3.05. The second kappa shape index (κ2) is 5.26. The van der Waals surface area contributed by atoms with E-state index in [0.717, 1.165) is 12.8 Å². The molecule has 0 radical (unpaired) electrons. The number of hydrogen-bond donors (Lipinski definition) is 2. The summed E-state index contributed by atoms with van der Waals surface area (Å²) in [7, 11) is 0. The summed E-state index contributed by atoms with van der Waals surface area (Å²) >= 11 is 0. The van der Waals surface area contributed by atoms with Gasteiger partial charge in [-0.1, -0.05) is 19.3 Å². The van der Waals surface area contributed by atoms with E-state index < -0.39 is 29.0 Å². The zero-order valence-corrected chi connectivity index (χ0v) is 11.4. The Hall–Kier alpha value is -1.10. The van der Waals surface area contributed by atoms with E-state index in [9.17, 15) is 14.7 Å². The van der Waals surface area contributed by atoms with Crippen molar-refractivity contribution in [1.29, 1.82) is 0 Å². The molecule has 0 saturated heterocycles. The molecule has 0 heterocycles. The largest absolute Gasteiger partial charge is 0.480 e. The number of carbonyl (C=O) groups excluding carboxylic acids is 1. The van der Waals surface area contributed by atoms with Crippen LogP contribution in [0.1, 0.15) is 52.9 Å². The summed E-state index contributed by atoms with van der Waals surface area (Å²) in [6, 6.07) is -0.674. The molecule has 1 aliphatic rings. The normalized spacial score (nSPS) is 29.4. The molecule has 104 valence electrons. The minimum atomic E-state index is -1.58. The van der Waals surface area contributed by atoms with Crippen LogP contribution in [0.2, 0.25) is 0 Å². The molecule has 0 aromatic rings. The van der Waals surface area contributed by atoms with Crippen molar-refractivity contribution in [1.82, 2.24) is 0 Å². The molecule has 3 N–H and O–H groups in total. The molecule has 0 aliphatic heterocycles. The second-order valence-corrected chi connectivity index (χ2v) is 5.98. The zero-order chi connectivity index (χ0) is 14.0. The molecule has 1 fully saturated rings.